The van der Waals surface area contributed by atoms with Gasteiger partial charge in [-0.1, -0.05) is 150 Å². The lowest BCUT2D eigenvalue weighted by molar-refractivity contribution is -0.161. The summed E-state index contributed by atoms with van der Waals surface area (Å²) < 4.78 is 10.6. The van der Waals surface area contributed by atoms with Crippen LogP contribution in [-0.2, 0) is 19.1 Å². The molecule has 0 aromatic carbocycles. The molecule has 0 aliphatic carbocycles. The molecule has 0 amide bonds. The van der Waals surface area contributed by atoms with E-state index < -0.39 is 6.10 Å². The lowest BCUT2D eigenvalue weighted by Crippen LogP contribution is -2.28. The van der Waals surface area contributed by atoms with Crippen LogP contribution >= 0.6 is 0 Å². The summed E-state index contributed by atoms with van der Waals surface area (Å²) in [4.78, 5) is 24.2. The summed E-state index contributed by atoms with van der Waals surface area (Å²) in [6.07, 6.45) is 55.0. The molecule has 5 heteroatoms. The second-order valence-corrected chi connectivity index (χ2v) is 13.0. The van der Waals surface area contributed by atoms with Crippen LogP contribution in [0.2, 0.25) is 0 Å². The Hall–Kier alpha value is -2.92. The molecule has 0 aromatic heterocycles. The van der Waals surface area contributed by atoms with E-state index in [2.05, 4.69) is 98.9 Å². The molecule has 284 valence electrons. The standard InChI is InChI=1S/C45H74O5/c1-3-5-7-9-11-13-15-17-19-20-21-22-23-24-26-27-29-31-33-35-37-39-44(47)49-42-43(41-46)50-45(48)40-38-36-34-32-30-28-25-18-16-14-12-10-8-6-4-2/h6,8,12,14-15,17-18,20-21,23-25,30,32,43,46H,3-5,7,9-11,13,16,19,22,26-29,31,33-42H2,1-2H3/b8-6-,14-12-,17-15-,21-20-,24-23-,25-18-,32-30-. The minimum absolute atomic E-state index is 0.0946. The number of aliphatic hydroxyl groups is 1. The fraction of sp³-hybridized carbons (Fsp3) is 0.644. The van der Waals surface area contributed by atoms with E-state index in [0.29, 0.717) is 12.8 Å². The molecule has 0 radical (unpaired) electrons. The molecule has 1 N–H and O–H groups in total. The van der Waals surface area contributed by atoms with Crippen molar-refractivity contribution >= 4 is 11.9 Å². The Morgan fingerprint density at radius 1 is 0.480 bits per heavy atom. The zero-order valence-corrected chi connectivity index (χ0v) is 32.1. The first-order chi connectivity index (χ1) is 24.6. The number of carbonyl (C=O) groups is 2. The molecule has 50 heavy (non-hydrogen) atoms. The van der Waals surface area contributed by atoms with E-state index in [4.69, 9.17) is 9.47 Å². The van der Waals surface area contributed by atoms with Crippen molar-refractivity contribution in [1.29, 1.82) is 0 Å². The summed E-state index contributed by atoms with van der Waals surface area (Å²) >= 11 is 0. The van der Waals surface area contributed by atoms with Crippen molar-refractivity contribution in [2.75, 3.05) is 13.2 Å². The molecule has 0 saturated heterocycles. The van der Waals surface area contributed by atoms with Gasteiger partial charge in [0.05, 0.1) is 6.61 Å². The lowest BCUT2D eigenvalue weighted by Gasteiger charge is -2.15. The van der Waals surface area contributed by atoms with Gasteiger partial charge in [-0.3, -0.25) is 9.59 Å². The van der Waals surface area contributed by atoms with E-state index in [0.717, 1.165) is 83.5 Å². The molecule has 1 unspecified atom stereocenters. The average Bonchev–Trinajstić information content (AvgIpc) is 3.12. The zero-order valence-electron chi connectivity index (χ0n) is 32.1. The van der Waals surface area contributed by atoms with Gasteiger partial charge in [0.2, 0.25) is 0 Å². The highest BCUT2D eigenvalue weighted by molar-refractivity contribution is 5.70. The highest BCUT2D eigenvalue weighted by Gasteiger charge is 2.16. The zero-order chi connectivity index (χ0) is 36.4. The number of allylic oxidation sites excluding steroid dienone is 14. The Bertz CT molecular complexity index is 968. The predicted molar refractivity (Wildman–Crippen MR) is 214 cm³/mol. The van der Waals surface area contributed by atoms with Gasteiger partial charge in [-0.2, -0.15) is 0 Å². The third kappa shape index (κ3) is 37.9. The van der Waals surface area contributed by atoms with Gasteiger partial charge in [0, 0.05) is 12.8 Å². The first kappa shape index (κ1) is 47.1. The summed E-state index contributed by atoms with van der Waals surface area (Å²) in [6, 6.07) is 0. The quantitative estimate of drug-likeness (QED) is 0.0406. The summed E-state index contributed by atoms with van der Waals surface area (Å²) in [7, 11) is 0. The van der Waals surface area contributed by atoms with Crippen molar-refractivity contribution in [2.45, 2.75) is 174 Å². The fourth-order valence-corrected chi connectivity index (χ4v) is 5.14. The van der Waals surface area contributed by atoms with E-state index in [1.165, 1.54) is 57.8 Å². The number of hydrogen-bond acceptors (Lipinski definition) is 5. The maximum Gasteiger partial charge on any atom is 0.306 e. The minimum atomic E-state index is -0.803. The maximum absolute atomic E-state index is 12.1. The Balaban J connectivity index is 3.67. The van der Waals surface area contributed by atoms with E-state index >= 15 is 0 Å². The largest absolute Gasteiger partial charge is 0.462 e. The number of ether oxygens (including phenoxy) is 2. The molecule has 5 nitrogen and oxygen atoms in total. The molecule has 0 rings (SSSR count). The summed E-state index contributed by atoms with van der Waals surface area (Å²) in [6.45, 7) is 3.95. The molecule has 0 bridgehead atoms. The van der Waals surface area contributed by atoms with Gasteiger partial charge in [0.1, 0.15) is 6.61 Å². The SMILES string of the molecule is CC/C=C\C/C=C\C/C=C\C/C=C\CCCCC(=O)OC(CO)COC(=O)CCCCCCCC/C=C\C/C=C\C/C=C\CCCCCCC. The molecule has 0 aliphatic heterocycles. The number of unbranched alkanes of at least 4 members (excludes halogenated alkanes) is 13. The number of hydrogen-bond donors (Lipinski definition) is 1. The van der Waals surface area contributed by atoms with E-state index in [9.17, 15) is 14.7 Å². The van der Waals surface area contributed by atoms with Crippen molar-refractivity contribution in [2.24, 2.45) is 0 Å². The monoisotopic (exact) mass is 695 g/mol. The topological polar surface area (TPSA) is 72.8 Å². The Labute approximate surface area is 307 Å². The Morgan fingerprint density at radius 3 is 1.34 bits per heavy atom. The molecule has 0 aromatic rings. The molecule has 0 saturated carbocycles. The Kier molecular flexibility index (Phi) is 38.1. The van der Waals surface area contributed by atoms with Crippen molar-refractivity contribution in [1.82, 2.24) is 0 Å². The van der Waals surface area contributed by atoms with Gasteiger partial charge in [0.25, 0.3) is 0 Å². The van der Waals surface area contributed by atoms with E-state index in [-0.39, 0.29) is 25.2 Å². The van der Waals surface area contributed by atoms with Gasteiger partial charge >= 0.3 is 11.9 Å². The van der Waals surface area contributed by atoms with Crippen molar-refractivity contribution in [3.63, 3.8) is 0 Å². The van der Waals surface area contributed by atoms with Crippen LogP contribution < -0.4 is 0 Å². The molecule has 0 heterocycles. The molecule has 0 fully saturated rings. The molecule has 0 spiro atoms. The van der Waals surface area contributed by atoms with Crippen LogP contribution in [0.1, 0.15) is 168 Å². The Morgan fingerprint density at radius 2 is 0.860 bits per heavy atom. The first-order valence-corrected chi connectivity index (χ1v) is 20.1. The van der Waals surface area contributed by atoms with Crippen molar-refractivity contribution in [3.05, 3.63) is 85.1 Å². The normalized spacial score (nSPS) is 13.1. The highest BCUT2D eigenvalue weighted by Crippen LogP contribution is 2.11. The minimum Gasteiger partial charge on any atom is -0.462 e. The van der Waals surface area contributed by atoms with Gasteiger partial charge in [0.15, 0.2) is 6.10 Å². The van der Waals surface area contributed by atoms with Crippen molar-refractivity contribution < 1.29 is 24.2 Å². The number of esters is 2. The van der Waals surface area contributed by atoms with Crippen LogP contribution in [0, 0.1) is 0 Å². The number of carbonyl (C=O) groups excluding carboxylic acids is 2. The summed E-state index contributed by atoms with van der Waals surface area (Å²) in [5, 5.41) is 9.55. The van der Waals surface area contributed by atoms with Crippen LogP contribution in [0.4, 0.5) is 0 Å². The smallest absolute Gasteiger partial charge is 0.306 e. The van der Waals surface area contributed by atoms with Crippen LogP contribution in [0.5, 0.6) is 0 Å². The predicted octanol–water partition coefficient (Wildman–Crippen LogP) is 12.7. The molecule has 0 aliphatic rings. The fourth-order valence-electron chi connectivity index (χ4n) is 5.14. The van der Waals surface area contributed by atoms with Gasteiger partial charge in [-0.25, -0.2) is 0 Å². The van der Waals surface area contributed by atoms with E-state index in [1.807, 2.05) is 0 Å². The molecule has 1 atom stereocenters. The van der Waals surface area contributed by atoms with Gasteiger partial charge in [-0.05, 0) is 89.9 Å². The third-order valence-electron chi connectivity index (χ3n) is 8.17. The molecular formula is C45H74O5. The first-order valence-electron chi connectivity index (χ1n) is 20.1. The second-order valence-electron chi connectivity index (χ2n) is 13.0. The van der Waals surface area contributed by atoms with Crippen LogP contribution in [-0.4, -0.2) is 36.4 Å². The van der Waals surface area contributed by atoms with E-state index in [1.54, 1.807) is 0 Å². The van der Waals surface area contributed by atoms with Gasteiger partial charge < -0.3 is 14.6 Å². The van der Waals surface area contributed by atoms with Crippen LogP contribution in [0.25, 0.3) is 0 Å². The number of rotatable bonds is 35. The van der Waals surface area contributed by atoms with Crippen molar-refractivity contribution in [3.8, 4) is 0 Å². The van der Waals surface area contributed by atoms with Crippen LogP contribution in [0.15, 0.2) is 85.1 Å². The van der Waals surface area contributed by atoms with Crippen LogP contribution in [0.3, 0.4) is 0 Å². The highest BCUT2D eigenvalue weighted by atomic mass is 16.6. The van der Waals surface area contributed by atoms with Gasteiger partial charge in [-0.15, -0.1) is 0 Å². The maximum atomic E-state index is 12.1. The number of aliphatic hydroxyl groups excluding tert-OH is 1. The lowest BCUT2D eigenvalue weighted by atomic mass is 10.1. The second kappa shape index (κ2) is 40.5. The summed E-state index contributed by atoms with van der Waals surface area (Å²) in [5.74, 6) is -0.662. The average molecular weight is 695 g/mol. The molecular weight excluding hydrogens is 620 g/mol. The summed E-state index contributed by atoms with van der Waals surface area (Å²) in [5.41, 5.74) is 0. The third-order valence-corrected chi connectivity index (χ3v) is 8.17.